The number of aliphatic hydroxyl groups is 1. The highest BCUT2D eigenvalue weighted by Gasteiger charge is 2.61. The normalized spacial score (nSPS) is 46.1. The molecule has 4 rings (SSSR count). The predicted molar refractivity (Wildman–Crippen MR) is 116 cm³/mol. The lowest BCUT2D eigenvalue weighted by Crippen LogP contribution is -2.58. The van der Waals surface area contributed by atoms with Gasteiger partial charge in [-0.25, -0.2) is 0 Å². The van der Waals surface area contributed by atoms with Gasteiger partial charge in [0.05, 0.1) is 11.0 Å². The molecule has 0 bridgehead atoms. The van der Waals surface area contributed by atoms with Crippen molar-refractivity contribution < 1.29 is 14.6 Å². The number of esters is 1. The topological polar surface area (TPSA) is 46.5 Å². The van der Waals surface area contributed by atoms with Crippen LogP contribution < -0.4 is 0 Å². The first-order chi connectivity index (χ1) is 13.7. The molecular formula is C26H44O3. The smallest absolute Gasteiger partial charge is 0.312 e. The molecule has 0 amide bonds. The monoisotopic (exact) mass is 404 g/mol. The van der Waals surface area contributed by atoms with E-state index in [0.717, 1.165) is 51.4 Å². The molecule has 0 aliphatic heterocycles. The second kappa shape index (κ2) is 7.84. The SMILES string of the molecule is CC(C)C1(O)CCC2C(CCC3C(C)(C(=O)OC4CCCCC4)CCCC23C)C1. The van der Waals surface area contributed by atoms with Crippen molar-refractivity contribution in [2.75, 3.05) is 0 Å². The Morgan fingerprint density at radius 1 is 0.931 bits per heavy atom. The molecule has 4 fully saturated rings. The average Bonchev–Trinajstić information content (AvgIpc) is 2.68. The molecule has 0 saturated heterocycles. The van der Waals surface area contributed by atoms with Gasteiger partial charge in [-0.2, -0.15) is 0 Å². The van der Waals surface area contributed by atoms with Crippen LogP contribution in [0, 0.1) is 34.5 Å². The summed E-state index contributed by atoms with van der Waals surface area (Å²) in [4.78, 5) is 13.5. The zero-order chi connectivity index (χ0) is 20.9. The minimum absolute atomic E-state index is 0.105. The fourth-order valence-corrected chi connectivity index (χ4v) is 8.13. The highest BCUT2D eigenvalue weighted by Crippen LogP contribution is 2.65. The molecule has 3 nitrogen and oxygen atoms in total. The summed E-state index contributed by atoms with van der Waals surface area (Å²) in [7, 11) is 0. The van der Waals surface area contributed by atoms with Gasteiger partial charge in [0.1, 0.15) is 6.10 Å². The van der Waals surface area contributed by atoms with Crippen molar-refractivity contribution in [1.29, 1.82) is 0 Å². The van der Waals surface area contributed by atoms with Gasteiger partial charge in [-0.1, -0.05) is 33.6 Å². The quantitative estimate of drug-likeness (QED) is 0.564. The zero-order valence-electron chi connectivity index (χ0n) is 19.3. The summed E-state index contributed by atoms with van der Waals surface area (Å²) >= 11 is 0. The highest BCUT2D eigenvalue weighted by atomic mass is 16.5. The molecule has 0 radical (unpaired) electrons. The summed E-state index contributed by atoms with van der Waals surface area (Å²) in [6.07, 6.45) is 14.7. The second-order valence-corrected chi connectivity index (χ2v) is 11.9. The molecule has 29 heavy (non-hydrogen) atoms. The number of hydrogen-bond acceptors (Lipinski definition) is 3. The first kappa shape index (κ1) is 21.7. The van der Waals surface area contributed by atoms with E-state index in [0.29, 0.717) is 23.7 Å². The van der Waals surface area contributed by atoms with E-state index in [1.165, 1.54) is 32.1 Å². The van der Waals surface area contributed by atoms with Crippen LogP contribution in [-0.2, 0) is 9.53 Å². The van der Waals surface area contributed by atoms with E-state index in [9.17, 15) is 9.90 Å². The maximum atomic E-state index is 13.5. The van der Waals surface area contributed by atoms with Gasteiger partial charge < -0.3 is 9.84 Å². The van der Waals surface area contributed by atoms with E-state index in [1.807, 2.05) is 0 Å². The van der Waals surface area contributed by atoms with Gasteiger partial charge >= 0.3 is 5.97 Å². The third kappa shape index (κ3) is 3.68. The van der Waals surface area contributed by atoms with Crippen LogP contribution >= 0.6 is 0 Å². The molecule has 4 saturated carbocycles. The minimum Gasteiger partial charge on any atom is -0.462 e. The van der Waals surface area contributed by atoms with E-state index >= 15 is 0 Å². The fraction of sp³-hybridized carbons (Fsp3) is 0.962. The fourth-order valence-electron chi connectivity index (χ4n) is 8.13. The Hall–Kier alpha value is -0.570. The van der Waals surface area contributed by atoms with E-state index < -0.39 is 5.60 Å². The van der Waals surface area contributed by atoms with Crippen molar-refractivity contribution >= 4 is 5.97 Å². The third-order valence-corrected chi connectivity index (χ3v) is 10.1. The summed E-state index contributed by atoms with van der Waals surface area (Å²) in [5, 5.41) is 11.2. The lowest BCUT2D eigenvalue weighted by molar-refractivity contribution is -0.190. The third-order valence-electron chi connectivity index (χ3n) is 10.1. The highest BCUT2D eigenvalue weighted by molar-refractivity contribution is 5.77. The summed E-state index contributed by atoms with van der Waals surface area (Å²) in [6, 6.07) is 0. The first-order valence-electron chi connectivity index (χ1n) is 12.6. The maximum absolute atomic E-state index is 13.5. The molecule has 6 unspecified atom stereocenters. The molecule has 0 spiro atoms. The van der Waals surface area contributed by atoms with Crippen LogP contribution in [0.4, 0.5) is 0 Å². The van der Waals surface area contributed by atoms with Crippen molar-refractivity contribution in [2.24, 2.45) is 34.5 Å². The van der Waals surface area contributed by atoms with E-state index in [4.69, 9.17) is 4.74 Å². The number of hydrogen-bond donors (Lipinski definition) is 1. The molecule has 4 aliphatic rings. The molecule has 0 aromatic heterocycles. The largest absolute Gasteiger partial charge is 0.462 e. The van der Waals surface area contributed by atoms with E-state index in [2.05, 4.69) is 27.7 Å². The number of ether oxygens (including phenoxy) is 1. The average molecular weight is 405 g/mol. The standard InChI is InChI=1S/C26H44O3/c1-18(2)26(28)16-13-21-19(17-26)11-12-22-24(21,3)14-8-15-25(22,4)23(27)29-20-9-6-5-7-10-20/h18-22,28H,5-17H2,1-4H3. The van der Waals surface area contributed by atoms with E-state index in [-0.39, 0.29) is 22.9 Å². The molecule has 4 aliphatic carbocycles. The van der Waals surface area contributed by atoms with Crippen LogP contribution in [0.25, 0.3) is 0 Å². The van der Waals surface area contributed by atoms with Crippen molar-refractivity contribution in [2.45, 2.75) is 123 Å². The summed E-state index contributed by atoms with van der Waals surface area (Å²) < 4.78 is 6.15. The Labute approximate surface area is 178 Å². The lowest BCUT2D eigenvalue weighted by Gasteiger charge is -2.62. The Balaban J connectivity index is 1.52. The first-order valence-corrected chi connectivity index (χ1v) is 12.6. The van der Waals surface area contributed by atoms with Crippen LogP contribution in [0.15, 0.2) is 0 Å². The Morgan fingerprint density at radius 3 is 2.34 bits per heavy atom. The number of carbonyl (C=O) groups is 1. The molecule has 0 heterocycles. The Morgan fingerprint density at radius 2 is 1.66 bits per heavy atom. The van der Waals surface area contributed by atoms with Crippen molar-refractivity contribution in [3.8, 4) is 0 Å². The van der Waals surface area contributed by atoms with Crippen molar-refractivity contribution in [1.82, 2.24) is 0 Å². The zero-order valence-corrected chi connectivity index (χ0v) is 19.3. The van der Waals surface area contributed by atoms with Crippen LogP contribution in [0.3, 0.4) is 0 Å². The van der Waals surface area contributed by atoms with Gasteiger partial charge in [-0.15, -0.1) is 0 Å². The van der Waals surface area contributed by atoms with Crippen molar-refractivity contribution in [3.05, 3.63) is 0 Å². The van der Waals surface area contributed by atoms with Gasteiger partial charge in [0.15, 0.2) is 0 Å². The second-order valence-electron chi connectivity index (χ2n) is 11.9. The Bertz CT molecular complexity index is 609. The number of rotatable bonds is 3. The molecule has 1 N–H and O–H groups in total. The molecule has 0 aromatic carbocycles. The Kier molecular flexibility index (Phi) is 5.86. The van der Waals surface area contributed by atoms with E-state index in [1.54, 1.807) is 0 Å². The van der Waals surface area contributed by atoms with Crippen LogP contribution in [-0.4, -0.2) is 22.8 Å². The summed E-state index contributed by atoms with van der Waals surface area (Å²) in [5.41, 5.74) is -0.580. The van der Waals surface area contributed by atoms with Crippen LogP contribution in [0.5, 0.6) is 0 Å². The number of fused-ring (bicyclic) bond motifs is 3. The van der Waals surface area contributed by atoms with Crippen LogP contribution in [0.1, 0.15) is 111 Å². The number of carbonyl (C=O) groups excluding carboxylic acids is 1. The van der Waals surface area contributed by atoms with Gasteiger partial charge in [-0.05, 0) is 107 Å². The minimum atomic E-state index is -0.484. The predicted octanol–water partition coefficient (Wildman–Crippen LogP) is 6.27. The maximum Gasteiger partial charge on any atom is 0.312 e. The lowest BCUT2D eigenvalue weighted by atomic mass is 9.43. The summed E-state index contributed by atoms with van der Waals surface area (Å²) in [6.45, 7) is 9.06. The molecule has 0 aromatic rings. The van der Waals surface area contributed by atoms with Crippen molar-refractivity contribution in [3.63, 3.8) is 0 Å². The van der Waals surface area contributed by atoms with Gasteiger partial charge in [-0.3, -0.25) is 4.79 Å². The molecule has 6 atom stereocenters. The van der Waals surface area contributed by atoms with Gasteiger partial charge in [0.25, 0.3) is 0 Å². The van der Waals surface area contributed by atoms with Gasteiger partial charge in [0.2, 0.25) is 0 Å². The molecule has 166 valence electrons. The summed E-state index contributed by atoms with van der Waals surface area (Å²) in [5.74, 6) is 2.15. The molecule has 3 heteroatoms. The van der Waals surface area contributed by atoms with Gasteiger partial charge in [0, 0.05) is 0 Å². The van der Waals surface area contributed by atoms with Crippen LogP contribution in [0.2, 0.25) is 0 Å². The molecular weight excluding hydrogens is 360 g/mol.